The molecule has 0 amide bonds. The number of rotatable bonds is 7. The number of hydrogen-bond acceptors (Lipinski definition) is 4. The van der Waals surface area contributed by atoms with Gasteiger partial charge in [-0.1, -0.05) is 48.9 Å². The molecule has 1 aliphatic heterocycles. The molecule has 2 fully saturated rings. The first-order valence-corrected chi connectivity index (χ1v) is 11.0. The van der Waals surface area contributed by atoms with Gasteiger partial charge in [0.15, 0.2) is 0 Å². The topological polar surface area (TPSA) is 49.8 Å². The van der Waals surface area contributed by atoms with Crippen molar-refractivity contribution in [2.75, 3.05) is 19.6 Å². The number of nitrogens with zero attached hydrogens (tertiary/aromatic N) is 1. The lowest BCUT2D eigenvalue weighted by atomic mass is 9.72. The monoisotopic (exact) mass is 383 g/mol. The molecule has 0 spiro atoms. The molecule has 1 aromatic rings. The van der Waals surface area contributed by atoms with Crippen LogP contribution in [0.4, 0.5) is 0 Å². The molecule has 0 radical (unpaired) electrons. The predicted octanol–water partition coefficient (Wildman–Crippen LogP) is 3.89. The summed E-state index contributed by atoms with van der Waals surface area (Å²) in [6.45, 7) is 4.70. The van der Waals surface area contributed by atoms with Crippen molar-refractivity contribution >= 4 is 5.97 Å². The van der Waals surface area contributed by atoms with E-state index in [0.717, 1.165) is 44.5 Å². The minimum absolute atomic E-state index is 0.275. The summed E-state index contributed by atoms with van der Waals surface area (Å²) in [6, 6.07) is 10.3. The fourth-order valence-electron chi connectivity index (χ4n) is 5.54. The van der Waals surface area contributed by atoms with E-state index in [1.54, 1.807) is 0 Å². The lowest BCUT2D eigenvalue weighted by molar-refractivity contribution is -0.181. The first-order chi connectivity index (χ1) is 13.6. The smallest absolute Gasteiger partial charge is 0.335 e. The highest BCUT2D eigenvalue weighted by Gasteiger charge is 2.52. The molecule has 1 saturated heterocycles. The molecule has 4 rings (SSSR count). The van der Waals surface area contributed by atoms with Gasteiger partial charge in [-0.3, -0.25) is 0 Å². The number of allylic oxidation sites excluding steroid dienone is 2. The molecule has 2 aliphatic carbocycles. The van der Waals surface area contributed by atoms with Gasteiger partial charge in [-0.2, -0.15) is 0 Å². The van der Waals surface area contributed by atoms with Gasteiger partial charge < -0.3 is 14.7 Å². The third kappa shape index (κ3) is 3.90. The Morgan fingerprint density at radius 3 is 2.54 bits per heavy atom. The highest BCUT2D eigenvalue weighted by Crippen LogP contribution is 2.54. The Morgan fingerprint density at radius 1 is 1.18 bits per heavy atom. The first-order valence-electron chi connectivity index (χ1n) is 11.0. The van der Waals surface area contributed by atoms with Crippen LogP contribution in [-0.2, 0) is 15.1 Å². The van der Waals surface area contributed by atoms with E-state index in [4.69, 9.17) is 4.74 Å². The van der Waals surface area contributed by atoms with Crippen LogP contribution in [-0.4, -0.2) is 41.7 Å². The lowest BCUT2D eigenvalue weighted by Crippen LogP contribution is -2.46. The molecule has 28 heavy (non-hydrogen) atoms. The molecule has 1 N–H and O–H groups in total. The van der Waals surface area contributed by atoms with Crippen molar-refractivity contribution in [3.8, 4) is 0 Å². The first kappa shape index (κ1) is 19.7. The van der Waals surface area contributed by atoms with Gasteiger partial charge in [-0.25, -0.2) is 4.79 Å². The number of carbonyl (C=O) groups is 1. The Morgan fingerprint density at radius 2 is 1.93 bits per heavy atom. The van der Waals surface area contributed by atoms with Crippen molar-refractivity contribution in [3.05, 3.63) is 48.0 Å². The number of aliphatic hydroxyl groups excluding tert-OH is 1. The molecule has 1 saturated carbocycles. The van der Waals surface area contributed by atoms with Crippen molar-refractivity contribution in [3.63, 3.8) is 0 Å². The van der Waals surface area contributed by atoms with Crippen LogP contribution in [0.5, 0.6) is 0 Å². The SMILES string of the molecule is CC(O)C(=O)OC(CCN1CCCCC1)(c1ccccc1)C1CC2C=CC1C2. The van der Waals surface area contributed by atoms with E-state index >= 15 is 0 Å². The Hall–Kier alpha value is -1.65. The van der Waals surface area contributed by atoms with E-state index in [-0.39, 0.29) is 5.92 Å². The summed E-state index contributed by atoms with van der Waals surface area (Å²) < 4.78 is 6.26. The summed E-state index contributed by atoms with van der Waals surface area (Å²) in [5, 5.41) is 9.92. The van der Waals surface area contributed by atoms with Crippen molar-refractivity contribution in [1.82, 2.24) is 4.90 Å². The van der Waals surface area contributed by atoms with Crippen LogP contribution >= 0.6 is 0 Å². The maximum absolute atomic E-state index is 12.6. The minimum atomic E-state index is -1.10. The summed E-state index contributed by atoms with van der Waals surface area (Å²) >= 11 is 0. The van der Waals surface area contributed by atoms with E-state index in [9.17, 15) is 9.90 Å². The van der Waals surface area contributed by atoms with E-state index in [2.05, 4.69) is 29.2 Å². The normalized spacial score (nSPS) is 30.1. The second-order valence-corrected chi connectivity index (χ2v) is 8.89. The lowest BCUT2D eigenvalue weighted by Gasteiger charge is -2.43. The summed E-state index contributed by atoms with van der Waals surface area (Å²) in [6.07, 6.45) is 10.4. The molecular weight excluding hydrogens is 350 g/mol. The Kier molecular flexibility index (Phi) is 5.88. The van der Waals surface area contributed by atoms with Crippen molar-refractivity contribution in [2.24, 2.45) is 17.8 Å². The number of aliphatic hydroxyl groups is 1. The van der Waals surface area contributed by atoms with Gasteiger partial charge in [0, 0.05) is 18.9 Å². The quantitative estimate of drug-likeness (QED) is 0.573. The van der Waals surface area contributed by atoms with Crippen LogP contribution in [0.2, 0.25) is 0 Å². The third-order valence-electron chi connectivity index (χ3n) is 7.01. The molecule has 4 nitrogen and oxygen atoms in total. The van der Waals surface area contributed by atoms with E-state index in [1.807, 2.05) is 18.2 Å². The van der Waals surface area contributed by atoms with Crippen LogP contribution in [0.3, 0.4) is 0 Å². The molecule has 2 bridgehead atoms. The minimum Gasteiger partial charge on any atom is -0.452 e. The summed E-state index contributed by atoms with van der Waals surface area (Å²) in [7, 11) is 0. The van der Waals surface area contributed by atoms with Gasteiger partial charge in [0.2, 0.25) is 0 Å². The molecule has 3 aliphatic rings. The highest BCUT2D eigenvalue weighted by atomic mass is 16.6. The van der Waals surface area contributed by atoms with E-state index in [0.29, 0.717) is 11.8 Å². The number of carbonyl (C=O) groups excluding carboxylic acids is 1. The van der Waals surface area contributed by atoms with Crippen molar-refractivity contribution in [1.29, 1.82) is 0 Å². The molecule has 0 aromatic heterocycles. The summed E-state index contributed by atoms with van der Waals surface area (Å²) in [4.78, 5) is 15.2. The number of fused-ring (bicyclic) bond motifs is 2. The molecule has 5 unspecified atom stereocenters. The molecule has 5 atom stereocenters. The van der Waals surface area contributed by atoms with Crippen LogP contribution in [0.15, 0.2) is 42.5 Å². The Balaban J connectivity index is 1.67. The van der Waals surface area contributed by atoms with Gasteiger partial charge >= 0.3 is 5.97 Å². The number of esters is 1. The fraction of sp³-hybridized carbons (Fsp3) is 0.625. The summed E-state index contributed by atoms with van der Waals surface area (Å²) in [5.74, 6) is 0.818. The zero-order chi connectivity index (χ0) is 19.6. The number of benzene rings is 1. The van der Waals surface area contributed by atoms with Crippen molar-refractivity contribution in [2.45, 2.75) is 57.2 Å². The second-order valence-electron chi connectivity index (χ2n) is 8.89. The molecule has 4 heteroatoms. The number of piperidine rings is 1. The maximum atomic E-state index is 12.6. The fourth-order valence-corrected chi connectivity index (χ4v) is 5.54. The van der Waals surface area contributed by atoms with Gasteiger partial charge in [0.05, 0.1) is 0 Å². The predicted molar refractivity (Wildman–Crippen MR) is 110 cm³/mol. The van der Waals surface area contributed by atoms with Gasteiger partial charge in [-0.15, -0.1) is 0 Å². The Bertz CT molecular complexity index is 695. The Labute approximate surface area is 168 Å². The van der Waals surface area contributed by atoms with Crippen LogP contribution < -0.4 is 0 Å². The van der Waals surface area contributed by atoms with Gasteiger partial charge in [0.25, 0.3) is 0 Å². The molecule has 1 heterocycles. The molecular formula is C24H33NO3. The molecule has 1 aromatic carbocycles. The zero-order valence-electron chi connectivity index (χ0n) is 16.9. The van der Waals surface area contributed by atoms with Crippen LogP contribution in [0.25, 0.3) is 0 Å². The maximum Gasteiger partial charge on any atom is 0.335 e. The third-order valence-corrected chi connectivity index (χ3v) is 7.01. The number of hydrogen-bond donors (Lipinski definition) is 1. The number of ether oxygens (including phenoxy) is 1. The largest absolute Gasteiger partial charge is 0.452 e. The van der Waals surface area contributed by atoms with E-state index < -0.39 is 17.7 Å². The average Bonchev–Trinajstić information content (AvgIpc) is 3.36. The van der Waals surface area contributed by atoms with Crippen LogP contribution in [0.1, 0.15) is 51.0 Å². The van der Waals surface area contributed by atoms with Crippen LogP contribution in [0, 0.1) is 17.8 Å². The molecule has 152 valence electrons. The van der Waals surface area contributed by atoms with Crippen molar-refractivity contribution < 1.29 is 14.6 Å². The van der Waals surface area contributed by atoms with E-state index in [1.165, 1.54) is 26.2 Å². The highest BCUT2D eigenvalue weighted by molar-refractivity contribution is 5.74. The van der Waals surface area contributed by atoms with Gasteiger partial charge in [-0.05, 0) is 63.1 Å². The summed E-state index contributed by atoms with van der Waals surface area (Å²) in [5.41, 5.74) is 0.406. The average molecular weight is 384 g/mol. The second kappa shape index (κ2) is 8.38. The number of likely N-dealkylation sites (tertiary alicyclic amines) is 1. The standard InChI is InChI=1S/C24H33NO3/c1-18(26)23(27)28-24(21-8-4-2-5-9-21,12-15-25-13-6-3-7-14-25)22-17-19-10-11-20(22)16-19/h2,4-5,8-11,18-20,22,26H,3,6-7,12-17H2,1H3. The zero-order valence-corrected chi connectivity index (χ0v) is 16.9. The van der Waals surface area contributed by atoms with Gasteiger partial charge in [0.1, 0.15) is 11.7 Å².